The van der Waals surface area contributed by atoms with Gasteiger partial charge in [0.1, 0.15) is 0 Å². The van der Waals surface area contributed by atoms with Crippen LogP contribution < -0.4 is 5.73 Å². The minimum atomic E-state index is -0.410. The molecular weight excluding hydrogens is 350 g/mol. The number of rotatable bonds is 5. The van der Waals surface area contributed by atoms with Crippen molar-refractivity contribution in [1.29, 1.82) is 0 Å². The summed E-state index contributed by atoms with van der Waals surface area (Å²) >= 11 is 4.45. The number of likely N-dealkylation sites (tertiary alicyclic amines) is 1. The highest BCUT2D eigenvalue weighted by atomic mass is 32.2. The molecule has 122 valence electrons. The second-order valence-electron chi connectivity index (χ2n) is 5.35. The van der Waals surface area contributed by atoms with Crippen LogP contribution in [0.3, 0.4) is 0 Å². The molecule has 1 atom stereocenters. The summed E-state index contributed by atoms with van der Waals surface area (Å²) in [6, 6.07) is 3.73. The zero-order valence-electron chi connectivity index (χ0n) is 12.7. The predicted molar refractivity (Wildman–Crippen MR) is 94.1 cm³/mol. The van der Waals surface area contributed by atoms with E-state index in [1.165, 1.54) is 23.1 Å². The van der Waals surface area contributed by atoms with Crippen LogP contribution in [0.5, 0.6) is 0 Å². The molecule has 1 aliphatic heterocycles. The van der Waals surface area contributed by atoms with Gasteiger partial charge in [0.2, 0.25) is 5.91 Å². The first-order valence-corrected chi connectivity index (χ1v) is 9.96. The molecule has 2 aromatic rings. The van der Waals surface area contributed by atoms with Crippen molar-refractivity contribution in [2.45, 2.75) is 30.1 Å². The third kappa shape index (κ3) is 3.76. The van der Waals surface area contributed by atoms with Crippen LogP contribution in [0.4, 0.5) is 0 Å². The second-order valence-corrected chi connectivity index (χ2v) is 8.55. The van der Waals surface area contributed by atoms with Gasteiger partial charge in [-0.2, -0.15) is 0 Å². The maximum atomic E-state index is 12.5. The summed E-state index contributed by atoms with van der Waals surface area (Å²) in [5.74, 6) is 0.114. The van der Waals surface area contributed by atoms with Crippen LogP contribution in [0, 0.1) is 6.92 Å². The average Bonchev–Trinajstić information content (AvgIpc) is 3.24. The molecule has 1 unspecified atom stereocenters. The van der Waals surface area contributed by atoms with Gasteiger partial charge in [-0.1, -0.05) is 11.8 Å². The molecule has 1 aliphatic rings. The van der Waals surface area contributed by atoms with Crippen molar-refractivity contribution in [3.05, 3.63) is 33.0 Å². The van der Waals surface area contributed by atoms with Crippen molar-refractivity contribution in [2.75, 3.05) is 12.3 Å². The Labute approximate surface area is 146 Å². The molecule has 2 aromatic heterocycles. The molecule has 0 bridgehead atoms. The number of nitrogens with zero attached hydrogens (tertiary/aromatic N) is 2. The number of primary amides is 1. The standard InChI is InChI=1S/C15H17N3O2S3/c1-9-7-21-15(17-9)22-8-13(19)18-6-2-3-10(18)11-4-5-12(23-11)14(16)20/h4-5,7,10H,2-3,6,8H2,1H3,(H2,16,20). The first-order valence-electron chi connectivity index (χ1n) is 7.28. The monoisotopic (exact) mass is 367 g/mol. The number of hydrogen-bond donors (Lipinski definition) is 1. The fourth-order valence-electron chi connectivity index (χ4n) is 2.63. The molecule has 0 saturated carbocycles. The highest BCUT2D eigenvalue weighted by Crippen LogP contribution is 2.36. The molecule has 0 radical (unpaired) electrons. The molecular formula is C15H17N3O2S3. The molecule has 1 saturated heterocycles. The van der Waals surface area contributed by atoms with Crippen molar-refractivity contribution >= 4 is 46.2 Å². The normalized spacial score (nSPS) is 17.6. The van der Waals surface area contributed by atoms with Gasteiger partial charge in [-0.05, 0) is 31.9 Å². The maximum Gasteiger partial charge on any atom is 0.258 e. The van der Waals surface area contributed by atoms with Gasteiger partial charge >= 0.3 is 0 Å². The number of thiophene rings is 1. The summed E-state index contributed by atoms with van der Waals surface area (Å²) in [6.45, 7) is 2.72. The first kappa shape index (κ1) is 16.5. The van der Waals surface area contributed by atoms with E-state index in [9.17, 15) is 9.59 Å². The van der Waals surface area contributed by atoms with Crippen LogP contribution in [0.1, 0.15) is 39.1 Å². The van der Waals surface area contributed by atoms with Crippen LogP contribution >= 0.6 is 34.4 Å². The van der Waals surface area contributed by atoms with E-state index in [1.54, 1.807) is 17.4 Å². The van der Waals surface area contributed by atoms with Gasteiger partial charge in [0.05, 0.1) is 16.7 Å². The Morgan fingerprint density at radius 3 is 2.96 bits per heavy atom. The third-order valence-corrected chi connectivity index (χ3v) is 7.01. The molecule has 8 heteroatoms. The van der Waals surface area contributed by atoms with Gasteiger partial charge in [0, 0.05) is 22.5 Å². The van der Waals surface area contributed by atoms with Crippen LogP contribution in [-0.4, -0.2) is 34.0 Å². The molecule has 2 amide bonds. The van der Waals surface area contributed by atoms with E-state index in [1.807, 2.05) is 23.3 Å². The Bertz CT molecular complexity index is 725. The molecule has 5 nitrogen and oxygen atoms in total. The fourth-order valence-corrected chi connectivity index (χ4v) is 5.37. The number of thioether (sulfide) groups is 1. The summed E-state index contributed by atoms with van der Waals surface area (Å²) in [5.41, 5.74) is 6.30. The lowest BCUT2D eigenvalue weighted by atomic mass is 10.2. The number of carbonyl (C=O) groups is 2. The fraction of sp³-hybridized carbons (Fsp3) is 0.400. The van der Waals surface area contributed by atoms with Gasteiger partial charge in [0.25, 0.3) is 5.91 Å². The average molecular weight is 368 g/mol. The molecule has 0 spiro atoms. The van der Waals surface area contributed by atoms with Gasteiger partial charge in [0.15, 0.2) is 4.34 Å². The Balaban J connectivity index is 1.65. The van der Waals surface area contributed by atoms with E-state index in [2.05, 4.69) is 4.98 Å². The minimum Gasteiger partial charge on any atom is -0.365 e. The van der Waals surface area contributed by atoms with Crippen LogP contribution in [0.25, 0.3) is 0 Å². The lowest BCUT2D eigenvalue weighted by Gasteiger charge is -2.23. The van der Waals surface area contributed by atoms with Gasteiger partial charge < -0.3 is 10.6 Å². The van der Waals surface area contributed by atoms with Crippen molar-refractivity contribution < 1.29 is 9.59 Å². The van der Waals surface area contributed by atoms with Crippen LogP contribution in [-0.2, 0) is 4.79 Å². The number of hydrogen-bond acceptors (Lipinski definition) is 6. The topological polar surface area (TPSA) is 76.3 Å². The third-order valence-electron chi connectivity index (χ3n) is 3.69. The number of carbonyl (C=O) groups excluding carboxylic acids is 2. The summed E-state index contributed by atoms with van der Waals surface area (Å²) in [6.07, 6.45) is 1.92. The largest absolute Gasteiger partial charge is 0.365 e. The maximum absolute atomic E-state index is 12.5. The van der Waals surface area contributed by atoms with E-state index >= 15 is 0 Å². The lowest BCUT2D eigenvalue weighted by Crippen LogP contribution is -2.31. The van der Waals surface area contributed by atoms with Crippen molar-refractivity contribution in [2.24, 2.45) is 5.73 Å². The van der Waals surface area contributed by atoms with Gasteiger partial charge in [-0.3, -0.25) is 9.59 Å². The number of thiazole rings is 1. The van der Waals surface area contributed by atoms with Gasteiger partial charge in [-0.15, -0.1) is 22.7 Å². The minimum absolute atomic E-state index is 0.0687. The Morgan fingerprint density at radius 2 is 2.30 bits per heavy atom. The number of nitrogens with two attached hydrogens (primary N) is 1. The molecule has 23 heavy (non-hydrogen) atoms. The zero-order valence-corrected chi connectivity index (χ0v) is 15.1. The molecule has 1 fully saturated rings. The van der Waals surface area contributed by atoms with E-state index in [-0.39, 0.29) is 11.9 Å². The molecule has 0 aliphatic carbocycles. The van der Waals surface area contributed by atoms with Crippen molar-refractivity contribution in [1.82, 2.24) is 9.88 Å². The Hall–Kier alpha value is -1.38. The zero-order chi connectivity index (χ0) is 16.4. The quantitative estimate of drug-likeness (QED) is 0.824. The van der Waals surface area contributed by atoms with Gasteiger partial charge in [-0.25, -0.2) is 4.98 Å². The lowest BCUT2D eigenvalue weighted by molar-refractivity contribution is -0.129. The SMILES string of the molecule is Cc1csc(SCC(=O)N2CCCC2c2ccc(C(N)=O)s2)n1. The second kappa shape index (κ2) is 7.02. The first-order chi connectivity index (χ1) is 11.0. The summed E-state index contributed by atoms with van der Waals surface area (Å²) in [7, 11) is 0. The molecule has 2 N–H and O–H groups in total. The highest BCUT2D eigenvalue weighted by molar-refractivity contribution is 8.01. The molecule has 3 heterocycles. The van der Waals surface area contributed by atoms with Crippen LogP contribution in [0.15, 0.2) is 21.9 Å². The van der Waals surface area contributed by atoms with Crippen molar-refractivity contribution in [3.8, 4) is 0 Å². The highest BCUT2D eigenvalue weighted by Gasteiger charge is 2.31. The van der Waals surface area contributed by atoms with E-state index < -0.39 is 5.91 Å². The van der Waals surface area contributed by atoms with E-state index in [0.29, 0.717) is 10.6 Å². The number of amides is 2. The number of aryl methyl sites for hydroxylation is 1. The van der Waals surface area contributed by atoms with E-state index in [4.69, 9.17) is 5.73 Å². The van der Waals surface area contributed by atoms with E-state index in [0.717, 1.165) is 34.3 Å². The Kier molecular flexibility index (Phi) is 5.03. The van der Waals surface area contributed by atoms with Crippen molar-refractivity contribution in [3.63, 3.8) is 0 Å². The molecule has 3 rings (SSSR count). The number of aromatic nitrogens is 1. The predicted octanol–water partition coefficient (Wildman–Crippen LogP) is 3.07. The smallest absolute Gasteiger partial charge is 0.258 e. The summed E-state index contributed by atoms with van der Waals surface area (Å²) < 4.78 is 0.929. The Morgan fingerprint density at radius 1 is 1.48 bits per heavy atom. The van der Waals surface area contributed by atoms with Crippen LogP contribution in [0.2, 0.25) is 0 Å². The summed E-state index contributed by atoms with van der Waals surface area (Å²) in [5, 5.41) is 1.99. The summed E-state index contributed by atoms with van der Waals surface area (Å²) in [4.78, 5) is 31.7. The molecule has 0 aromatic carbocycles.